The number of carbonyl (C=O) groups excluding carboxylic acids is 1. The first-order chi connectivity index (χ1) is 19.5. The van der Waals surface area contributed by atoms with Gasteiger partial charge in [0.05, 0.1) is 31.5 Å². The monoisotopic (exact) mass is 544 g/mol. The lowest BCUT2D eigenvalue weighted by atomic mass is 10.0. The Balaban J connectivity index is 1.30. The van der Waals surface area contributed by atoms with E-state index in [4.69, 9.17) is 19.4 Å². The molecule has 210 valence electrons. The number of phenolic OH excluding ortho intramolecular Hbond substituents is 1. The van der Waals surface area contributed by atoms with Gasteiger partial charge in [-0.2, -0.15) is 9.97 Å². The van der Waals surface area contributed by atoms with Crippen LogP contribution in [0, 0.1) is 0 Å². The van der Waals surface area contributed by atoms with E-state index in [0.717, 1.165) is 59.7 Å². The molecule has 1 amide bonds. The van der Waals surface area contributed by atoms with E-state index in [9.17, 15) is 9.90 Å². The topological polar surface area (TPSA) is 94.5 Å². The number of hydrogen-bond acceptors (Lipinski definition) is 9. The fourth-order valence-electron chi connectivity index (χ4n) is 5.81. The number of ether oxygens (including phenoxy) is 2. The summed E-state index contributed by atoms with van der Waals surface area (Å²) in [6.45, 7) is 10.2. The second-order valence-electron chi connectivity index (χ2n) is 10.6. The highest BCUT2D eigenvalue weighted by atomic mass is 16.5. The molecule has 0 radical (unpaired) electrons. The molecule has 10 heteroatoms. The van der Waals surface area contributed by atoms with Crippen LogP contribution in [0.1, 0.15) is 11.3 Å². The van der Waals surface area contributed by atoms with Gasteiger partial charge in [-0.25, -0.2) is 0 Å². The predicted molar refractivity (Wildman–Crippen MR) is 154 cm³/mol. The smallest absolute Gasteiger partial charge is 0.318 e. The molecule has 0 saturated carbocycles. The van der Waals surface area contributed by atoms with Gasteiger partial charge in [0.1, 0.15) is 18.2 Å². The quantitative estimate of drug-likeness (QED) is 0.470. The summed E-state index contributed by atoms with van der Waals surface area (Å²) in [5.41, 5.74) is 3.03. The number of anilines is 2. The maximum Gasteiger partial charge on any atom is 0.318 e. The van der Waals surface area contributed by atoms with E-state index >= 15 is 0 Å². The molecular weight excluding hydrogens is 508 g/mol. The molecule has 1 N–H and O–H groups in total. The van der Waals surface area contributed by atoms with Gasteiger partial charge in [0.25, 0.3) is 0 Å². The third kappa shape index (κ3) is 5.29. The van der Waals surface area contributed by atoms with E-state index < -0.39 is 0 Å². The molecule has 10 nitrogen and oxygen atoms in total. The van der Waals surface area contributed by atoms with Crippen LogP contribution in [0.25, 0.3) is 10.8 Å². The number of hydrogen-bond donors (Lipinski definition) is 1. The average molecular weight is 545 g/mol. The number of rotatable bonds is 6. The van der Waals surface area contributed by atoms with Crippen LogP contribution in [0.2, 0.25) is 0 Å². The Morgan fingerprint density at radius 3 is 2.75 bits per heavy atom. The van der Waals surface area contributed by atoms with Gasteiger partial charge in [0, 0.05) is 62.0 Å². The molecule has 3 aromatic rings. The maximum atomic E-state index is 12.2. The second kappa shape index (κ2) is 11.3. The normalized spacial score (nSPS) is 19.9. The van der Waals surface area contributed by atoms with Crippen molar-refractivity contribution in [1.29, 1.82) is 0 Å². The Morgan fingerprint density at radius 2 is 1.95 bits per heavy atom. The number of nitrogens with zero attached hydrogens (tertiary/aromatic N) is 6. The van der Waals surface area contributed by atoms with Gasteiger partial charge in [-0.1, -0.05) is 30.8 Å². The summed E-state index contributed by atoms with van der Waals surface area (Å²) in [7, 11) is 2.08. The molecule has 3 aliphatic rings. The molecule has 0 spiro atoms. The fourth-order valence-corrected chi connectivity index (χ4v) is 5.81. The van der Waals surface area contributed by atoms with Crippen molar-refractivity contribution in [1.82, 2.24) is 19.8 Å². The standard InChI is InChI=1S/C30H36N6O4/c1-3-28(38)34-10-12-35(13-11-34)29-25-8-9-36(27-17-23(37)16-21-6-4-5-7-24(21)27)18-26(25)31-30(32-29)40-20-22-19-39-15-14-33(22)2/h3-7,16-17,22,37H,1,8-15,18-20H2,2H3. The molecule has 3 aliphatic heterocycles. The first-order valence-electron chi connectivity index (χ1n) is 13.9. The number of piperazine rings is 1. The molecule has 1 aromatic heterocycles. The first-order valence-corrected chi connectivity index (χ1v) is 13.9. The lowest BCUT2D eigenvalue weighted by Crippen LogP contribution is -2.49. The Kier molecular flexibility index (Phi) is 7.44. The number of benzene rings is 2. The van der Waals surface area contributed by atoms with Crippen molar-refractivity contribution in [2.45, 2.75) is 19.0 Å². The molecule has 2 fully saturated rings. The summed E-state index contributed by atoms with van der Waals surface area (Å²) >= 11 is 0. The van der Waals surface area contributed by atoms with Crippen molar-refractivity contribution in [2.24, 2.45) is 0 Å². The van der Waals surface area contributed by atoms with Crippen LogP contribution in [0.5, 0.6) is 11.8 Å². The van der Waals surface area contributed by atoms with Gasteiger partial charge < -0.3 is 29.3 Å². The minimum Gasteiger partial charge on any atom is -0.508 e. The largest absolute Gasteiger partial charge is 0.508 e. The molecule has 1 atom stereocenters. The van der Waals surface area contributed by atoms with E-state index in [0.29, 0.717) is 51.9 Å². The highest BCUT2D eigenvalue weighted by Gasteiger charge is 2.29. The number of morpholine rings is 1. The highest BCUT2D eigenvalue weighted by molar-refractivity contribution is 5.95. The van der Waals surface area contributed by atoms with Gasteiger partial charge in [0.15, 0.2) is 0 Å². The number of amides is 1. The van der Waals surface area contributed by atoms with E-state index in [2.05, 4.69) is 34.4 Å². The highest BCUT2D eigenvalue weighted by Crippen LogP contribution is 2.36. The first kappa shape index (κ1) is 26.3. The van der Waals surface area contributed by atoms with Gasteiger partial charge >= 0.3 is 6.01 Å². The van der Waals surface area contributed by atoms with E-state index in [-0.39, 0.29) is 17.7 Å². The zero-order valence-corrected chi connectivity index (χ0v) is 23.0. The van der Waals surface area contributed by atoms with Crippen LogP contribution in [0.3, 0.4) is 0 Å². The Bertz CT molecular complexity index is 1410. The van der Waals surface area contributed by atoms with Crippen LogP contribution in [-0.4, -0.2) is 103 Å². The second-order valence-corrected chi connectivity index (χ2v) is 10.6. The zero-order valence-electron chi connectivity index (χ0n) is 23.0. The van der Waals surface area contributed by atoms with Gasteiger partial charge in [-0.15, -0.1) is 0 Å². The minimum atomic E-state index is -0.0406. The third-order valence-electron chi connectivity index (χ3n) is 8.18. The molecule has 2 aromatic carbocycles. The summed E-state index contributed by atoms with van der Waals surface area (Å²) < 4.78 is 11.9. The third-order valence-corrected chi connectivity index (χ3v) is 8.18. The maximum absolute atomic E-state index is 12.2. The van der Waals surface area contributed by atoms with Crippen molar-refractivity contribution >= 4 is 28.2 Å². The van der Waals surface area contributed by atoms with Gasteiger partial charge in [-0.05, 0) is 31.0 Å². The molecular formula is C30H36N6O4. The molecule has 0 bridgehead atoms. The van der Waals surface area contributed by atoms with E-state index in [1.807, 2.05) is 29.2 Å². The van der Waals surface area contributed by atoms with Crippen molar-refractivity contribution in [3.63, 3.8) is 0 Å². The number of carbonyl (C=O) groups is 1. The molecule has 6 rings (SSSR count). The number of likely N-dealkylation sites (N-methyl/N-ethyl adjacent to an activating group) is 1. The number of phenols is 1. The van der Waals surface area contributed by atoms with E-state index in [1.165, 1.54) is 6.08 Å². The molecule has 1 unspecified atom stereocenters. The number of fused-ring (bicyclic) bond motifs is 2. The molecule has 2 saturated heterocycles. The Labute approximate surface area is 234 Å². The van der Waals surface area contributed by atoms with Crippen molar-refractivity contribution in [3.05, 3.63) is 60.3 Å². The summed E-state index contributed by atoms with van der Waals surface area (Å²) in [6, 6.07) is 12.2. The summed E-state index contributed by atoms with van der Waals surface area (Å²) in [4.78, 5) is 30.6. The number of aromatic hydroxyl groups is 1. The minimum absolute atomic E-state index is 0.0406. The molecule has 40 heavy (non-hydrogen) atoms. The van der Waals surface area contributed by atoms with Crippen molar-refractivity contribution in [3.8, 4) is 11.8 Å². The van der Waals surface area contributed by atoms with Gasteiger partial charge in [0.2, 0.25) is 5.91 Å². The zero-order chi connectivity index (χ0) is 27.6. The predicted octanol–water partition coefficient (Wildman–Crippen LogP) is 2.44. The number of aromatic nitrogens is 2. The molecule has 4 heterocycles. The van der Waals surface area contributed by atoms with Crippen LogP contribution in [0.15, 0.2) is 49.1 Å². The van der Waals surface area contributed by atoms with Crippen LogP contribution in [0.4, 0.5) is 11.5 Å². The van der Waals surface area contributed by atoms with Crippen molar-refractivity contribution in [2.75, 3.05) is 75.9 Å². The summed E-state index contributed by atoms with van der Waals surface area (Å²) in [5.74, 6) is 1.10. The van der Waals surface area contributed by atoms with Crippen LogP contribution >= 0.6 is 0 Å². The van der Waals surface area contributed by atoms with E-state index in [1.54, 1.807) is 6.07 Å². The van der Waals surface area contributed by atoms with Crippen LogP contribution in [-0.2, 0) is 22.5 Å². The lowest BCUT2D eigenvalue weighted by Gasteiger charge is -2.38. The summed E-state index contributed by atoms with van der Waals surface area (Å²) in [6.07, 6.45) is 2.14. The average Bonchev–Trinajstić information content (AvgIpc) is 2.99. The SMILES string of the molecule is C=CC(=O)N1CCN(c2nc(OCC3COCCN3C)nc3c2CCN(c2cc(O)cc4ccccc24)C3)CC1. The van der Waals surface area contributed by atoms with Gasteiger partial charge in [-0.3, -0.25) is 9.69 Å². The van der Waals surface area contributed by atoms with Crippen molar-refractivity contribution < 1.29 is 19.4 Å². The Hall–Kier alpha value is -3.89. The summed E-state index contributed by atoms with van der Waals surface area (Å²) in [5, 5.41) is 12.6. The lowest BCUT2D eigenvalue weighted by molar-refractivity contribution is -0.126. The van der Waals surface area contributed by atoms with Crippen LogP contribution < -0.4 is 14.5 Å². The fraction of sp³-hybridized carbons (Fsp3) is 0.433. The molecule has 0 aliphatic carbocycles. The Morgan fingerprint density at radius 1 is 1.12 bits per heavy atom.